The average molecular weight is 410 g/mol. The summed E-state index contributed by atoms with van der Waals surface area (Å²) >= 11 is 1.53. The summed E-state index contributed by atoms with van der Waals surface area (Å²) in [6.07, 6.45) is 2.33. The van der Waals surface area contributed by atoms with Gasteiger partial charge in [-0.1, -0.05) is 62.4 Å². The van der Waals surface area contributed by atoms with Gasteiger partial charge in [-0.2, -0.15) is 0 Å². The van der Waals surface area contributed by atoms with Gasteiger partial charge < -0.3 is 4.74 Å². The van der Waals surface area contributed by atoms with Crippen LogP contribution in [0.15, 0.2) is 53.5 Å². The molecule has 0 unspecified atom stereocenters. The molecular formula is C22H23N3O3S. The highest BCUT2D eigenvalue weighted by atomic mass is 32.1. The van der Waals surface area contributed by atoms with E-state index in [1.54, 1.807) is 25.5 Å². The van der Waals surface area contributed by atoms with Crippen molar-refractivity contribution in [3.05, 3.63) is 80.3 Å². The fourth-order valence-corrected chi connectivity index (χ4v) is 4.11. The van der Waals surface area contributed by atoms with Crippen LogP contribution >= 0.6 is 11.3 Å². The highest BCUT2D eigenvalue weighted by Crippen LogP contribution is 2.36. The van der Waals surface area contributed by atoms with E-state index in [-0.39, 0.29) is 11.1 Å². The number of aromatic nitrogens is 1. The number of hydrogen-bond acceptors (Lipinski definition) is 6. The van der Waals surface area contributed by atoms with E-state index in [1.165, 1.54) is 23.5 Å². The molecule has 0 radical (unpaired) electrons. The highest BCUT2D eigenvalue weighted by Gasteiger charge is 2.24. The number of rotatable bonds is 6. The van der Waals surface area contributed by atoms with Crippen LogP contribution in [0.25, 0.3) is 0 Å². The third-order valence-corrected chi connectivity index (χ3v) is 5.31. The normalized spacial score (nSPS) is 11.7. The Hall–Kier alpha value is -3.06. The molecule has 0 saturated carbocycles. The number of benzene rings is 2. The molecule has 0 N–H and O–H groups in total. The van der Waals surface area contributed by atoms with Crippen LogP contribution in [-0.2, 0) is 11.8 Å². The molecule has 6 nitrogen and oxygen atoms in total. The van der Waals surface area contributed by atoms with Crippen molar-refractivity contribution in [3.8, 4) is 5.75 Å². The standard InChI is InChI=1S/C22H23N3O3S/c1-22(2,3)20-19(13-16-9-5-6-11-18(16)28-4)29-21(24-20)23-14-15-8-7-10-17(12-15)25(26)27/h5-12,14H,13H2,1-4H3/b23-14+. The molecule has 0 saturated heterocycles. The van der Waals surface area contributed by atoms with Crippen molar-refractivity contribution in [2.24, 2.45) is 4.99 Å². The SMILES string of the molecule is COc1ccccc1Cc1sc(/N=C/c2cccc([N+](=O)[O-])c2)nc1C(C)(C)C. The number of hydrogen-bond donors (Lipinski definition) is 0. The summed E-state index contributed by atoms with van der Waals surface area (Å²) in [7, 11) is 1.67. The first-order valence-corrected chi connectivity index (χ1v) is 10.00. The number of thiazole rings is 1. The summed E-state index contributed by atoms with van der Waals surface area (Å²) in [4.78, 5) is 20.9. The van der Waals surface area contributed by atoms with Gasteiger partial charge in [-0.3, -0.25) is 10.1 Å². The summed E-state index contributed by atoms with van der Waals surface area (Å²) in [5.41, 5.74) is 2.67. The molecule has 150 valence electrons. The molecule has 1 aromatic heterocycles. The van der Waals surface area contributed by atoms with E-state index >= 15 is 0 Å². The lowest BCUT2D eigenvalue weighted by Gasteiger charge is -2.18. The second kappa shape index (κ2) is 8.53. The number of nitro benzene ring substituents is 1. The summed E-state index contributed by atoms with van der Waals surface area (Å²) in [6.45, 7) is 6.38. The van der Waals surface area contributed by atoms with Crippen molar-refractivity contribution in [2.75, 3.05) is 7.11 Å². The molecule has 7 heteroatoms. The van der Waals surface area contributed by atoms with Crippen LogP contribution in [0.5, 0.6) is 5.75 Å². The van der Waals surface area contributed by atoms with Crippen molar-refractivity contribution in [1.29, 1.82) is 0 Å². The van der Waals surface area contributed by atoms with Crippen molar-refractivity contribution in [1.82, 2.24) is 4.98 Å². The first-order valence-electron chi connectivity index (χ1n) is 9.18. The molecule has 29 heavy (non-hydrogen) atoms. The molecule has 0 bridgehead atoms. The molecule has 0 aliphatic heterocycles. The Morgan fingerprint density at radius 3 is 2.66 bits per heavy atom. The second-order valence-corrected chi connectivity index (χ2v) is 8.68. The summed E-state index contributed by atoms with van der Waals surface area (Å²) in [5, 5.41) is 11.6. The maximum Gasteiger partial charge on any atom is 0.270 e. The van der Waals surface area contributed by atoms with E-state index in [9.17, 15) is 10.1 Å². The topological polar surface area (TPSA) is 77.6 Å². The molecule has 2 aromatic carbocycles. The Morgan fingerprint density at radius 2 is 1.97 bits per heavy atom. The lowest BCUT2D eigenvalue weighted by Crippen LogP contribution is -2.14. The van der Waals surface area contributed by atoms with Gasteiger partial charge in [0.1, 0.15) is 5.75 Å². The molecule has 0 spiro atoms. The minimum Gasteiger partial charge on any atom is -0.496 e. The Bertz CT molecular complexity index is 1050. The molecule has 3 aromatic rings. The largest absolute Gasteiger partial charge is 0.496 e. The quantitative estimate of drug-likeness (QED) is 0.297. The molecule has 0 atom stereocenters. The van der Waals surface area contributed by atoms with Gasteiger partial charge in [0.05, 0.1) is 17.7 Å². The number of non-ortho nitro benzene ring substituents is 1. The van der Waals surface area contributed by atoms with Crippen LogP contribution < -0.4 is 4.74 Å². The molecule has 0 fully saturated rings. The van der Waals surface area contributed by atoms with Gasteiger partial charge in [-0.15, -0.1) is 0 Å². The van der Waals surface area contributed by atoms with Crippen LogP contribution in [0.4, 0.5) is 10.8 Å². The first-order chi connectivity index (χ1) is 13.8. The van der Waals surface area contributed by atoms with Gasteiger partial charge in [-0.05, 0) is 17.2 Å². The first kappa shape index (κ1) is 20.7. The third kappa shape index (κ3) is 5.06. The lowest BCUT2D eigenvalue weighted by atomic mass is 9.90. The van der Waals surface area contributed by atoms with Gasteiger partial charge in [-0.25, -0.2) is 9.98 Å². The highest BCUT2D eigenvalue weighted by molar-refractivity contribution is 7.15. The average Bonchev–Trinajstić information content (AvgIpc) is 3.10. The zero-order valence-corrected chi connectivity index (χ0v) is 17.7. The van der Waals surface area contributed by atoms with Crippen molar-refractivity contribution in [3.63, 3.8) is 0 Å². The summed E-state index contributed by atoms with van der Waals surface area (Å²) in [6, 6.07) is 14.3. The van der Waals surface area contributed by atoms with Gasteiger partial charge >= 0.3 is 0 Å². The Kier molecular flexibility index (Phi) is 6.08. The summed E-state index contributed by atoms with van der Waals surface area (Å²) < 4.78 is 5.49. The van der Waals surface area contributed by atoms with E-state index < -0.39 is 4.92 Å². The molecular weight excluding hydrogens is 386 g/mol. The predicted octanol–water partition coefficient (Wildman–Crippen LogP) is 5.70. The van der Waals surface area contributed by atoms with E-state index in [0.717, 1.165) is 21.9 Å². The van der Waals surface area contributed by atoms with Crippen molar-refractivity contribution in [2.45, 2.75) is 32.6 Å². The molecule has 0 aliphatic rings. The Morgan fingerprint density at radius 1 is 1.21 bits per heavy atom. The monoisotopic (exact) mass is 409 g/mol. The summed E-state index contributed by atoms with van der Waals surface area (Å²) in [5.74, 6) is 0.849. The van der Waals surface area contributed by atoms with Crippen LogP contribution in [-0.4, -0.2) is 23.2 Å². The maximum atomic E-state index is 11.0. The molecule has 0 aliphatic carbocycles. The number of aliphatic imine (C=N–C) groups is 1. The molecule has 0 amide bonds. The number of nitrogens with zero attached hydrogens (tertiary/aromatic N) is 3. The van der Waals surface area contributed by atoms with Gasteiger partial charge in [0, 0.05) is 35.1 Å². The number of nitro groups is 1. The smallest absolute Gasteiger partial charge is 0.270 e. The Balaban J connectivity index is 1.93. The zero-order chi connectivity index (χ0) is 21.0. The third-order valence-electron chi connectivity index (χ3n) is 4.35. The van der Waals surface area contributed by atoms with E-state index in [0.29, 0.717) is 17.1 Å². The van der Waals surface area contributed by atoms with E-state index in [1.807, 2.05) is 18.2 Å². The molecule has 3 rings (SSSR count). The fourth-order valence-electron chi connectivity index (χ4n) is 2.97. The minimum absolute atomic E-state index is 0.0420. The molecule has 1 heterocycles. The number of methoxy groups -OCH3 is 1. The predicted molar refractivity (Wildman–Crippen MR) is 117 cm³/mol. The maximum absolute atomic E-state index is 11.0. The minimum atomic E-state index is -0.413. The van der Waals surface area contributed by atoms with Crippen molar-refractivity contribution < 1.29 is 9.66 Å². The van der Waals surface area contributed by atoms with Gasteiger partial charge in [0.15, 0.2) is 0 Å². The van der Waals surface area contributed by atoms with Crippen LogP contribution in [0.1, 0.15) is 42.5 Å². The zero-order valence-electron chi connectivity index (χ0n) is 16.9. The Labute approximate surface area is 174 Å². The van der Waals surface area contributed by atoms with E-state index in [2.05, 4.69) is 31.8 Å². The lowest BCUT2D eigenvalue weighted by molar-refractivity contribution is -0.384. The van der Waals surface area contributed by atoms with Gasteiger partial charge in [0.25, 0.3) is 5.69 Å². The fraction of sp³-hybridized carbons (Fsp3) is 0.273. The van der Waals surface area contributed by atoms with Crippen molar-refractivity contribution >= 4 is 28.4 Å². The van der Waals surface area contributed by atoms with Crippen LogP contribution in [0.2, 0.25) is 0 Å². The van der Waals surface area contributed by atoms with Crippen LogP contribution in [0.3, 0.4) is 0 Å². The van der Waals surface area contributed by atoms with E-state index in [4.69, 9.17) is 9.72 Å². The second-order valence-electron chi connectivity index (χ2n) is 7.62. The van der Waals surface area contributed by atoms with Crippen LogP contribution in [0, 0.1) is 10.1 Å². The van der Waals surface area contributed by atoms with Gasteiger partial charge in [0.2, 0.25) is 5.13 Å². The number of para-hydroxylation sites is 1. The number of ether oxygens (including phenoxy) is 1.